The summed E-state index contributed by atoms with van der Waals surface area (Å²) in [6, 6.07) is 19.3. The van der Waals surface area contributed by atoms with Crippen molar-refractivity contribution in [1.29, 1.82) is 0 Å². The molecule has 0 aliphatic heterocycles. The molecule has 0 bridgehead atoms. The molecule has 0 saturated heterocycles. The van der Waals surface area contributed by atoms with Crippen molar-refractivity contribution in [3.8, 4) is 0 Å². The number of hydrogen-bond donors (Lipinski definition) is 1. The molecule has 3 aromatic rings. The molecule has 1 atom stereocenters. The second-order valence-electron chi connectivity index (χ2n) is 8.74. The van der Waals surface area contributed by atoms with Gasteiger partial charge < -0.3 is 10.2 Å². The van der Waals surface area contributed by atoms with Gasteiger partial charge in [-0.25, -0.2) is 8.42 Å². The predicted molar refractivity (Wildman–Crippen MR) is 138 cm³/mol. The minimum atomic E-state index is -3.91. The van der Waals surface area contributed by atoms with E-state index in [-0.39, 0.29) is 23.9 Å². The topological polar surface area (TPSA) is 86.8 Å². The van der Waals surface area contributed by atoms with Crippen LogP contribution in [0.5, 0.6) is 0 Å². The van der Waals surface area contributed by atoms with E-state index >= 15 is 0 Å². The number of carbonyl (C=O) groups is 2. The van der Waals surface area contributed by atoms with Crippen LogP contribution < -0.4 is 5.32 Å². The van der Waals surface area contributed by atoms with Crippen LogP contribution >= 0.6 is 0 Å². The minimum absolute atomic E-state index is 0.116. The van der Waals surface area contributed by atoms with Gasteiger partial charge in [0.1, 0.15) is 6.04 Å². The summed E-state index contributed by atoms with van der Waals surface area (Å²) in [6.07, 6.45) is 0.775. The van der Waals surface area contributed by atoms with E-state index in [2.05, 4.69) is 5.32 Å². The quantitative estimate of drug-likeness (QED) is 0.465. The molecule has 186 valence electrons. The maximum absolute atomic E-state index is 13.4. The summed E-state index contributed by atoms with van der Waals surface area (Å²) in [7, 11) is -2.53. The zero-order valence-electron chi connectivity index (χ0n) is 20.7. The molecule has 2 amide bonds. The van der Waals surface area contributed by atoms with Crippen LogP contribution in [-0.4, -0.2) is 55.6 Å². The lowest BCUT2D eigenvalue weighted by molar-refractivity contribution is -0.140. The summed E-state index contributed by atoms with van der Waals surface area (Å²) in [5.41, 5.74) is 1.95. The third-order valence-corrected chi connectivity index (χ3v) is 7.78. The number of nitrogens with zero attached hydrogens (tertiary/aromatic N) is 2. The molecule has 35 heavy (non-hydrogen) atoms. The maximum atomic E-state index is 13.4. The van der Waals surface area contributed by atoms with Gasteiger partial charge >= 0.3 is 0 Å². The fourth-order valence-corrected chi connectivity index (χ4v) is 4.90. The molecule has 7 nitrogen and oxygen atoms in total. The summed E-state index contributed by atoms with van der Waals surface area (Å²) in [6.45, 7) is 5.91. The average molecular weight is 496 g/mol. The molecule has 0 radical (unpaired) electrons. The first-order valence-electron chi connectivity index (χ1n) is 11.7. The van der Waals surface area contributed by atoms with Crippen LogP contribution in [0.15, 0.2) is 71.6 Å². The summed E-state index contributed by atoms with van der Waals surface area (Å²) in [5, 5.41) is 4.56. The number of rotatable bonds is 10. The van der Waals surface area contributed by atoms with Crippen molar-refractivity contribution in [2.45, 2.75) is 44.7 Å². The molecular weight excluding hydrogens is 462 g/mol. The minimum Gasteiger partial charge on any atom is -0.354 e. The van der Waals surface area contributed by atoms with E-state index in [0.29, 0.717) is 6.54 Å². The van der Waals surface area contributed by atoms with E-state index in [9.17, 15) is 18.0 Å². The van der Waals surface area contributed by atoms with Gasteiger partial charge in [-0.15, -0.1) is 0 Å². The maximum Gasteiger partial charge on any atom is 0.243 e. The monoisotopic (exact) mass is 495 g/mol. The molecule has 8 heteroatoms. The molecule has 3 rings (SSSR count). The van der Waals surface area contributed by atoms with Crippen LogP contribution in [0.2, 0.25) is 0 Å². The third-order valence-electron chi connectivity index (χ3n) is 5.98. The van der Waals surface area contributed by atoms with Gasteiger partial charge in [0.25, 0.3) is 0 Å². The number of aryl methyl sites for hydroxylation is 1. The normalized spacial score (nSPS) is 12.5. The molecule has 0 saturated carbocycles. The first kappa shape index (κ1) is 26.4. The summed E-state index contributed by atoms with van der Waals surface area (Å²) in [5.74, 6) is -0.719. The molecular formula is C27H33N3O4S. The second-order valence-corrected chi connectivity index (χ2v) is 10.8. The first-order valence-corrected chi connectivity index (χ1v) is 13.2. The Morgan fingerprint density at radius 2 is 1.63 bits per heavy atom. The number of carbonyl (C=O) groups excluding carboxylic acids is 2. The van der Waals surface area contributed by atoms with Gasteiger partial charge in [0.05, 0.1) is 11.4 Å². The number of sulfonamides is 1. The molecule has 0 unspecified atom stereocenters. The molecule has 0 spiro atoms. The Labute approximate surface area is 207 Å². The molecule has 3 aromatic carbocycles. The number of nitrogens with one attached hydrogen (secondary N) is 1. The lowest BCUT2D eigenvalue weighted by Crippen LogP contribution is -2.50. The van der Waals surface area contributed by atoms with Gasteiger partial charge in [0.15, 0.2) is 0 Å². The van der Waals surface area contributed by atoms with Crippen LogP contribution in [-0.2, 0) is 26.2 Å². The Bertz CT molecular complexity index is 1290. The Kier molecular flexibility index (Phi) is 8.64. The second kappa shape index (κ2) is 11.5. The van der Waals surface area contributed by atoms with Gasteiger partial charge in [0, 0.05) is 20.1 Å². The van der Waals surface area contributed by atoms with Gasteiger partial charge in [0.2, 0.25) is 21.8 Å². The summed E-state index contributed by atoms with van der Waals surface area (Å²) in [4.78, 5) is 27.6. The lowest BCUT2D eigenvalue weighted by atomic mass is 10.1. The number of likely N-dealkylation sites (N-methyl/N-ethyl adjacent to an activating group) is 1. The molecule has 0 heterocycles. The fraction of sp³-hybridized carbons (Fsp3) is 0.333. The van der Waals surface area contributed by atoms with Crippen molar-refractivity contribution < 1.29 is 18.0 Å². The number of amides is 2. The highest BCUT2D eigenvalue weighted by molar-refractivity contribution is 7.89. The highest BCUT2D eigenvalue weighted by atomic mass is 32.2. The van der Waals surface area contributed by atoms with Crippen LogP contribution in [0.25, 0.3) is 10.8 Å². The van der Waals surface area contributed by atoms with Crippen LogP contribution in [0.3, 0.4) is 0 Å². The van der Waals surface area contributed by atoms with Crippen LogP contribution in [0.1, 0.15) is 31.4 Å². The van der Waals surface area contributed by atoms with E-state index < -0.39 is 22.0 Å². The molecule has 0 aliphatic carbocycles. The van der Waals surface area contributed by atoms with Crippen LogP contribution in [0.4, 0.5) is 0 Å². The molecule has 0 aromatic heterocycles. The SMILES string of the molecule is CCCNC(=O)[C@@H](C)N(Cc1ccc(C)cc1)C(=O)CN(C)S(=O)(=O)c1ccc2ccccc2c1. The van der Waals surface area contributed by atoms with Crippen molar-refractivity contribution >= 4 is 32.6 Å². The number of hydrogen-bond acceptors (Lipinski definition) is 4. The van der Waals surface area contributed by atoms with Crippen molar-refractivity contribution in [2.24, 2.45) is 0 Å². The largest absolute Gasteiger partial charge is 0.354 e. The first-order chi connectivity index (χ1) is 16.6. The van der Waals surface area contributed by atoms with Crippen molar-refractivity contribution in [2.75, 3.05) is 20.1 Å². The van der Waals surface area contributed by atoms with E-state index in [1.807, 2.05) is 62.4 Å². The van der Waals surface area contributed by atoms with Crippen LogP contribution in [0, 0.1) is 6.92 Å². The summed E-state index contributed by atoms with van der Waals surface area (Å²) >= 11 is 0. The Morgan fingerprint density at radius 1 is 0.971 bits per heavy atom. The molecule has 0 fully saturated rings. The highest BCUT2D eigenvalue weighted by Gasteiger charge is 2.30. The Hall–Kier alpha value is -3.23. The van der Waals surface area contributed by atoms with E-state index in [1.165, 1.54) is 11.9 Å². The highest BCUT2D eigenvalue weighted by Crippen LogP contribution is 2.22. The molecule has 1 N–H and O–H groups in total. The van der Waals surface area contributed by atoms with E-state index in [4.69, 9.17) is 0 Å². The zero-order valence-corrected chi connectivity index (χ0v) is 21.5. The Morgan fingerprint density at radius 3 is 2.29 bits per heavy atom. The fourth-order valence-electron chi connectivity index (χ4n) is 3.74. The third kappa shape index (κ3) is 6.46. The average Bonchev–Trinajstić information content (AvgIpc) is 2.85. The lowest BCUT2D eigenvalue weighted by Gasteiger charge is -2.30. The van der Waals surface area contributed by atoms with Gasteiger partial charge in [-0.2, -0.15) is 4.31 Å². The van der Waals surface area contributed by atoms with Gasteiger partial charge in [-0.3, -0.25) is 9.59 Å². The van der Waals surface area contributed by atoms with Gasteiger partial charge in [-0.1, -0.05) is 67.1 Å². The number of fused-ring (bicyclic) bond motifs is 1. The number of benzene rings is 3. The zero-order chi connectivity index (χ0) is 25.6. The standard InChI is InChI=1S/C27H33N3O4S/c1-5-16-28-27(32)21(3)30(18-22-12-10-20(2)11-13-22)26(31)19-29(4)35(33,34)25-15-14-23-8-6-7-9-24(23)17-25/h6-15,17,21H,5,16,18-19H2,1-4H3,(H,28,32)/t21-/m1/s1. The summed E-state index contributed by atoms with van der Waals surface area (Å²) < 4.78 is 27.5. The smallest absolute Gasteiger partial charge is 0.243 e. The van der Waals surface area contributed by atoms with Crippen molar-refractivity contribution in [3.63, 3.8) is 0 Å². The van der Waals surface area contributed by atoms with Crippen molar-refractivity contribution in [1.82, 2.24) is 14.5 Å². The van der Waals surface area contributed by atoms with Gasteiger partial charge in [-0.05, 0) is 48.7 Å². The molecule has 0 aliphatic rings. The Balaban J connectivity index is 1.83. The van der Waals surface area contributed by atoms with E-state index in [0.717, 1.165) is 32.6 Å². The van der Waals surface area contributed by atoms with Crippen molar-refractivity contribution in [3.05, 3.63) is 77.9 Å². The predicted octanol–water partition coefficient (Wildman–Crippen LogP) is 3.71. The van der Waals surface area contributed by atoms with E-state index in [1.54, 1.807) is 25.1 Å².